The number of benzene rings is 1. The highest BCUT2D eigenvalue weighted by Crippen LogP contribution is 2.23. The Balaban J connectivity index is 2.21. The van der Waals surface area contributed by atoms with Crippen LogP contribution in [0.25, 0.3) is 0 Å². The Morgan fingerprint density at radius 1 is 1.45 bits per heavy atom. The number of hydrogen-bond acceptors (Lipinski definition) is 3. The number of nitrogens with zero attached hydrogens (tertiary/aromatic N) is 3. The van der Waals surface area contributed by atoms with Crippen molar-refractivity contribution >= 4 is 5.69 Å². The van der Waals surface area contributed by atoms with Crippen molar-refractivity contribution in [2.45, 2.75) is 25.9 Å². The van der Waals surface area contributed by atoms with Crippen LogP contribution in [0.5, 0.6) is 0 Å². The summed E-state index contributed by atoms with van der Waals surface area (Å²) in [6.07, 6.45) is 4.47. The monoisotopic (exact) mass is 276 g/mol. The van der Waals surface area contributed by atoms with Gasteiger partial charge in [-0.05, 0) is 37.1 Å². The molecule has 108 valence electrons. The van der Waals surface area contributed by atoms with Gasteiger partial charge in [0, 0.05) is 44.1 Å². The van der Waals surface area contributed by atoms with Crippen LogP contribution in [-0.4, -0.2) is 22.9 Å². The van der Waals surface area contributed by atoms with Crippen LogP contribution in [0.4, 0.5) is 10.1 Å². The normalized spacial score (nSPS) is 12.4. The summed E-state index contributed by atoms with van der Waals surface area (Å²) in [4.78, 5) is 2.09. The summed E-state index contributed by atoms with van der Waals surface area (Å²) in [6.45, 7) is 2.65. The van der Waals surface area contributed by atoms with Crippen LogP contribution in [0.1, 0.15) is 18.1 Å². The molecule has 0 spiro atoms. The van der Waals surface area contributed by atoms with Gasteiger partial charge < -0.3 is 10.6 Å². The fourth-order valence-electron chi connectivity index (χ4n) is 2.35. The van der Waals surface area contributed by atoms with Gasteiger partial charge in [0.2, 0.25) is 0 Å². The highest BCUT2D eigenvalue weighted by Gasteiger charge is 2.11. The van der Waals surface area contributed by atoms with Gasteiger partial charge in [0.1, 0.15) is 5.82 Å². The lowest BCUT2D eigenvalue weighted by molar-refractivity contribution is 0.622. The molecule has 0 saturated carbocycles. The topological polar surface area (TPSA) is 47.1 Å². The van der Waals surface area contributed by atoms with Gasteiger partial charge >= 0.3 is 0 Å². The summed E-state index contributed by atoms with van der Waals surface area (Å²) >= 11 is 0. The largest absolute Gasteiger partial charge is 0.370 e. The zero-order valence-electron chi connectivity index (χ0n) is 12.2. The van der Waals surface area contributed by atoms with Crippen molar-refractivity contribution in [1.82, 2.24) is 9.78 Å². The molecule has 0 aliphatic heterocycles. The van der Waals surface area contributed by atoms with Crippen LogP contribution in [0, 0.1) is 5.82 Å². The van der Waals surface area contributed by atoms with E-state index < -0.39 is 0 Å². The van der Waals surface area contributed by atoms with Crippen molar-refractivity contribution in [3.8, 4) is 0 Å². The maximum Gasteiger partial charge on any atom is 0.123 e. The second-order valence-electron chi connectivity index (χ2n) is 5.33. The summed E-state index contributed by atoms with van der Waals surface area (Å²) < 4.78 is 15.2. The zero-order chi connectivity index (χ0) is 14.7. The first-order chi connectivity index (χ1) is 9.45. The fourth-order valence-corrected chi connectivity index (χ4v) is 2.35. The van der Waals surface area contributed by atoms with Gasteiger partial charge in [0.25, 0.3) is 0 Å². The van der Waals surface area contributed by atoms with Crippen molar-refractivity contribution in [3.63, 3.8) is 0 Å². The third kappa shape index (κ3) is 3.57. The Morgan fingerprint density at radius 2 is 2.20 bits per heavy atom. The lowest BCUT2D eigenvalue weighted by atomic mass is 10.0. The Morgan fingerprint density at radius 3 is 2.80 bits per heavy atom. The minimum absolute atomic E-state index is 0.00217. The first-order valence-corrected chi connectivity index (χ1v) is 6.68. The van der Waals surface area contributed by atoms with E-state index in [2.05, 4.69) is 10.00 Å². The van der Waals surface area contributed by atoms with Gasteiger partial charge in [-0.2, -0.15) is 5.10 Å². The average molecular weight is 276 g/mol. The molecule has 2 aromatic rings. The average Bonchev–Trinajstić information content (AvgIpc) is 2.73. The van der Waals surface area contributed by atoms with Gasteiger partial charge in [-0.15, -0.1) is 0 Å². The summed E-state index contributed by atoms with van der Waals surface area (Å²) in [5, 5.41) is 4.16. The van der Waals surface area contributed by atoms with E-state index in [1.807, 2.05) is 39.5 Å². The maximum absolute atomic E-state index is 13.4. The minimum atomic E-state index is -0.223. The lowest BCUT2D eigenvalue weighted by Crippen LogP contribution is -2.22. The number of hydrogen-bond donors (Lipinski definition) is 1. The van der Waals surface area contributed by atoms with E-state index in [9.17, 15) is 4.39 Å². The standard InChI is InChI=1S/C15H21FN4/c1-11(17)6-13-7-14(16)4-5-15(13)19(2)9-12-8-18-20(3)10-12/h4-5,7-8,10-11H,6,9,17H2,1-3H3. The molecule has 1 heterocycles. The van der Waals surface area contributed by atoms with E-state index in [-0.39, 0.29) is 11.9 Å². The molecule has 1 unspecified atom stereocenters. The lowest BCUT2D eigenvalue weighted by Gasteiger charge is -2.23. The van der Waals surface area contributed by atoms with Crippen molar-refractivity contribution < 1.29 is 4.39 Å². The Kier molecular flexibility index (Phi) is 4.39. The number of anilines is 1. The molecule has 1 aromatic heterocycles. The molecule has 2 rings (SSSR count). The molecule has 0 fully saturated rings. The van der Waals surface area contributed by atoms with Crippen molar-refractivity contribution in [1.29, 1.82) is 0 Å². The second-order valence-corrected chi connectivity index (χ2v) is 5.33. The molecule has 0 saturated heterocycles. The van der Waals surface area contributed by atoms with E-state index in [4.69, 9.17) is 5.73 Å². The molecule has 1 aromatic carbocycles. The number of aromatic nitrogens is 2. The van der Waals surface area contributed by atoms with E-state index in [1.54, 1.807) is 10.7 Å². The van der Waals surface area contributed by atoms with Gasteiger partial charge in [-0.3, -0.25) is 4.68 Å². The summed E-state index contributed by atoms with van der Waals surface area (Å²) in [5.74, 6) is -0.223. The Bertz CT molecular complexity index is 577. The Hall–Kier alpha value is -1.88. The molecule has 20 heavy (non-hydrogen) atoms. The van der Waals surface area contributed by atoms with Crippen LogP contribution in [0.2, 0.25) is 0 Å². The predicted molar refractivity (Wildman–Crippen MR) is 79.1 cm³/mol. The highest BCUT2D eigenvalue weighted by molar-refractivity contribution is 5.53. The predicted octanol–water partition coefficient (Wildman–Crippen LogP) is 2.09. The SMILES string of the molecule is CC(N)Cc1cc(F)ccc1N(C)Cc1cnn(C)c1. The number of rotatable bonds is 5. The zero-order valence-corrected chi connectivity index (χ0v) is 12.2. The van der Waals surface area contributed by atoms with Crippen LogP contribution >= 0.6 is 0 Å². The van der Waals surface area contributed by atoms with Gasteiger partial charge in [-0.1, -0.05) is 0 Å². The number of nitrogens with two attached hydrogens (primary N) is 1. The molecule has 1 atom stereocenters. The first kappa shape index (κ1) is 14.5. The van der Waals surface area contributed by atoms with Gasteiger partial charge in [0.05, 0.1) is 6.20 Å². The van der Waals surface area contributed by atoms with Crippen LogP contribution < -0.4 is 10.6 Å². The van der Waals surface area contributed by atoms with Crippen LogP contribution in [0.15, 0.2) is 30.6 Å². The van der Waals surface area contributed by atoms with E-state index in [0.29, 0.717) is 6.42 Å². The molecule has 4 nitrogen and oxygen atoms in total. The quantitative estimate of drug-likeness (QED) is 0.909. The van der Waals surface area contributed by atoms with Crippen LogP contribution in [0.3, 0.4) is 0 Å². The molecule has 0 aliphatic rings. The van der Waals surface area contributed by atoms with E-state index in [0.717, 1.165) is 23.4 Å². The maximum atomic E-state index is 13.4. The van der Waals surface area contributed by atoms with Crippen molar-refractivity contribution in [2.24, 2.45) is 12.8 Å². The second kappa shape index (κ2) is 6.05. The van der Waals surface area contributed by atoms with Crippen molar-refractivity contribution in [2.75, 3.05) is 11.9 Å². The van der Waals surface area contributed by atoms with Crippen LogP contribution in [-0.2, 0) is 20.0 Å². The molecular weight excluding hydrogens is 255 g/mol. The summed E-state index contributed by atoms with van der Waals surface area (Å²) in [7, 11) is 3.88. The molecule has 0 radical (unpaired) electrons. The molecule has 0 amide bonds. The summed E-state index contributed by atoms with van der Waals surface area (Å²) in [6, 6.07) is 4.86. The smallest absolute Gasteiger partial charge is 0.123 e. The highest BCUT2D eigenvalue weighted by atomic mass is 19.1. The fraction of sp³-hybridized carbons (Fsp3) is 0.400. The molecular formula is C15H21FN4. The minimum Gasteiger partial charge on any atom is -0.370 e. The first-order valence-electron chi connectivity index (χ1n) is 6.68. The third-order valence-corrected chi connectivity index (χ3v) is 3.17. The van der Waals surface area contributed by atoms with E-state index in [1.165, 1.54) is 6.07 Å². The van der Waals surface area contributed by atoms with Gasteiger partial charge in [-0.25, -0.2) is 4.39 Å². The van der Waals surface area contributed by atoms with Gasteiger partial charge in [0.15, 0.2) is 0 Å². The van der Waals surface area contributed by atoms with Crippen molar-refractivity contribution in [3.05, 3.63) is 47.5 Å². The molecule has 5 heteroatoms. The molecule has 0 bridgehead atoms. The number of halogens is 1. The number of aryl methyl sites for hydroxylation is 1. The Labute approximate surface area is 119 Å². The molecule has 2 N–H and O–H groups in total. The van der Waals surface area contributed by atoms with E-state index >= 15 is 0 Å². The molecule has 0 aliphatic carbocycles. The summed E-state index contributed by atoms with van der Waals surface area (Å²) in [5.41, 5.74) is 8.91. The third-order valence-electron chi connectivity index (χ3n) is 3.17.